The van der Waals surface area contributed by atoms with Gasteiger partial charge in [0.1, 0.15) is 5.82 Å². The van der Waals surface area contributed by atoms with Crippen LogP contribution in [0.3, 0.4) is 0 Å². The summed E-state index contributed by atoms with van der Waals surface area (Å²) in [5.74, 6) is -0.746. The first-order valence-electron chi connectivity index (χ1n) is 7.88. The molecule has 0 spiro atoms. The Bertz CT molecular complexity index is 732. The maximum Gasteiger partial charge on any atom is 0.225 e. The van der Waals surface area contributed by atoms with Gasteiger partial charge in [-0.05, 0) is 23.9 Å². The van der Waals surface area contributed by atoms with Gasteiger partial charge in [0.25, 0.3) is 0 Å². The zero-order valence-electron chi connectivity index (χ0n) is 13.4. The zero-order valence-corrected chi connectivity index (χ0v) is 14.2. The van der Waals surface area contributed by atoms with Crippen LogP contribution in [-0.4, -0.2) is 23.8 Å². The van der Waals surface area contributed by atoms with E-state index in [0.717, 1.165) is 4.88 Å². The van der Waals surface area contributed by atoms with Gasteiger partial charge in [0.05, 0.1) is 12.0 Å². The van der Waals surface area contributed by atoms with E-state index < -0.39 is 0 Å². The monoisotopic (exact) mass is 346 g/mol. The Morgan fingerprint density at radius 3 is 2.83 bits per heavy atom. The van der Waals surface area contributed by atoms with Crippen LogP contribution in [0.5, 0.6) is 0 Å². The van der Waals surface area contributed by atoms with Gasteiger partial charge in [-0.25, -0.2) is 4.39 Å². The molecule has 1 aliphatic heterocycles. The second-order valence-corrected chi connectivity index (χ2v) is 6.90. The molecule has 6 heteroatoms. The molecule has 24 heavy (non-hydrogen) atoms. The fourth-order valence-electron chi connectivity index (χ4n) is 3.12. The molecule has 0 saturated carbocycles. The van der Waals surface area contributed by atoms with Gasteiger partial charge in [-0.1, -0.05) is 24.3 Å². The van der Waals surface area contributed by atoms with Gasteiger partial charge in [-0.3, -0.25) is 9.59 Å². The molecule has 2 aromatic rings. The van der Waals surface area contributed by atoms with Crippen molar-refractivity contribution in [2.45, 2.75) is 25.4 Å². The van der Waals surface area contributed by atoms with Crippen LogP contribution in [0.25, 0.3) is 0 Å². The lowest BCUT2D eigenvalue weighted by atomic mass is 9.87. The molecular weight excluding hydrogens is 327 g/mol. The second kappa shape index (κ2) is 7.13. The van der Waals surface area contributed by atoms with Crippen molar-refractivity contribution in [3.05, 3.63) is 58.0 Å². The van der Waals surface area contributed by atoms with Crippen molar-refractivity contribution in [2.75, 3.05) is 7.05 Å². The summed E-state index contributed by atoms with van der Waals surface area (Å²) in [7, 11) is 1.74. The molecule has 1 aromatic heterocycles. The number of halogens is 1. The summed E-state index contributed by atoms with van der Waals surface area (Å²) in [4.78, 5) is 27.4. The van der Waals surface area contributed by atoms with E-state index in [9.17, 15) is 14.0 Å². The summed E-state index contributed by atoms with van der Waals surface area (Å²) in [6.07, 6.45) is 0.866. The molecule has 1 saturated heterocycles. The van der Waals surface area contributed by atoms with Crippen LogP contribution in [0, 0.1) is 11.7 Å². The van der Waals surface area contributed by atoms with E-state index in [0.29, 0.717) is 18.4 Å². The molecule has 3 rings (SSSR count). The highest BCUT2D eigenvalue weighted by Crippen LogP contribution is 2.37. The van der Waals surface area contributed by atoms with Gasteiger partial charge < -0.3 is 10.2 Å². The first-order valence-corrected chi connectivity index (χ1v) is 8.76. The number of amides is 2. The number of nitrogens with zero attached hydrogens (tertiary/aromatic N) is 1. The van der Waals surface area contributed by atoms with Crippen molar-refractivity contribution in [2.24, 2.45) is 5.92 Å². The van der Waals surface area contributed by atoms with Crippen molar-refractivity contribution < 1.29 is 14.0 Å². The Balaban J connectivity index is 1.74. The van der Waals surface area contributed by atoms with E-state index in [-0.39, 0.29) is 36.1 Å². The first kappa shape index (κ1) is 16.6. The summed E-state index contributed by atoms with van der Waals surface area (Å²) >= 11 is 1.54. The Morgan fingerprint density at radius 2 is 2.12 bits per heavy atom. The average molecular weight is 346 g/mol. The van der Waals surface area contributed by atoms with E-state index in [1.807, 2.05) is 17.5 Å². The van der Waals surface area contributed by atoms with E-state index in [4.69, 9.17) is 0 Å². The third-order valence-electron chi connectivity index (χ3n) is 4.44. The predicted octanol–water partition coefficient (Wildman–Crippen LogP) is 3.11. The number of carbonyl (C=O) groups excluding carboxylic acids is 2. The third-order valence-corrected chi connectivity index (χ3v) is 5.39. The van der Waals surface area contributed by atoms with Crippen LogP contribution in [0.2, 0.25) is 0 Å². The van der Waals surface area contributed by atoms with Gasteiger partial charge in [0, 0.05) is 30.5 Å². The van der Waals surface area contributed by atoms with Crippen molar-refractivity contribution in [1.29, 1.82) is 0 Å². The molecule has 1 fully saturated rings. The summed E-state index contributed by atoms with van der Waals surface area (Å²) in [5, 5.41) is 4.77. The molecule has 0 unspecified atom stereocenters. The van der Waals surface area contributed by atoms with E-state index in [1.54, 1.807) is 30.1 Å². The molecule has 0 radical (unpaired) electrons. The van der Waals surface area contributed by atoms with Crippen LogP contribution >= 0.6 is 11.3 Å². The van der Waals surface area contributed by atoms with Crippen molar-refractivity contribution >= 4 is 23.2 Å². The number of carbonyl (C=O) groups is 2. The molecule has 2 amide bonds. The molecule has 1 aliphatic rings. The van der Waals surface area contributed by atoms with E-state index in [2.05, 4.69) is 5.32 Å². The number of hydrogen-bond acceptors (Lipinski definition) is 3. The lowest BCUT2D eigenvalue weighted by molar-refractivity contribution is -0.141. The SMILES string of the molecule is CN1C(=O)CC[C@H](C(=O)NCc2ccccc2F)[C@H]1c1cccs1. The zero-order chi connectivity index (χ0) is 17.1. The minimum Gasteiger partial charge on any atom is -0.352 e. The molecule has 1 N–H and O–H groups in total. The Morgan fingerprint density at radius 1 is 1.33 bits per heavy atom. The van der Waals surface area contributed by atoms with Crippen LogP contribution in [0.4, 0.5) is 4.39 Å². The number of nitrogens with one attached hydrogen (secondary N) is 1. The smallest absolute Gasteiger partial charge is 0.225 e. The maximum atomic E-state index is 13.7. The maximum absolute atomic E-state index is 13.7. The predicted molar refractivity (Wildman–Crippen MR) is 90.8 cm³/mol. The summed E-state index contributed by atoms with van der Waals surface area (Å²) in [6, 6.07) is 10.0. The third kappa shape index (κ3) is 3.33. The summed E-state index contributed by atoms with van der Waals surface area (Å²) in [6.45, 7) is 0.150. The van der Waals surface area contributed by atoms with Gasteiger partial charge in [-0.2, -0.15) is 0 Å². The molecule has 2 heterocycles. The molecule has 4 nitrogen and oxygen atoms in total. The normalized spacial score (nSPS) is 20.9. The minimum atomic E-state index is -0.330. The molecule has 0 bridgehead atoms. The highest BCUT2D eigenvalue weighted by Gasteiger charge is 2.39. The highest BCUT2D eigenvalue weighted by molar-refractivity contribution is 7.10. The Kier molecular flexibility index (Phi) is 4.94. The highest BCUT2D eigenvalue weighted by atomic mass is 32.1. The summed E-state index contributed by atoms with van der Waals surface area (Å²) < 4.78 is 13.7. The standard InChI is InChI=1S/C18H19FN2O2S/c1-21-16(22)9-8-13(17(21)15-7-4-10-24-15)18(23)20-11-12-5-2-3-6-14(12)19/h2-7,10,13,17H,8-9,11H2,1H3,(H,20,23)/t13-,17-/m0/s1. The topological polar surface area (TPSA) is 49.4 Å². The van der Waals surface area contributed by atoms with Crippen LogP contribution in [0.1, 0.15) is 29.3 Å². The molecule has 126 valence electrons. The second-order valence-electron chi connectivity index (χ2n) is 5.92. The fraction of sp³-hybridized carbons (Fsp3) is 0.333. The van der Waals surface area contributed by atoms with Gasteiger partial charge >= 0.3 is 0 Å². The number of thiophene rings is 1. The largest absolute Gasteiger partial charge is 0.352 e. The van der Waals surface area contributed by atoms with Crippen LogP contribution < -0.4 is 5.32 Å². The van der Waals surface area contributed by atoms with Crippen LogP contribution in [0.15, 0.2) is 41.8 Å². The molecule has 0 aliphatic carbocycles. The number of hydrogen-bond donors (Lipinski definition) is 1. The van der Waals surface area contributed by atoms with Gasteiger partial charge in [0.15, 0.2) is 0 Å². The lowest BCUT2D eigenvalue weighted by Gasteiger charge is -2.37. The minimum absolute atomic E-state index is 0.0477. The molecular formula is C18H19FN2O2S. The van der Waals surface area contributed by atoms with Gasteiger partial charge in [0.2, 0.25) is 11.8 Å². The van der Waals surface area contributed by atoms with Crippen LogP contribution in [-0.2, 0) is 16.1 Å². The Labute approximate surface area is 144 Å². The number of piperidine rings is 1. The molecule has 2 atom stereocenters. The fourth-order valence-corrected chi connectivity index (χ4v) is 4.05. The van der Waals surface area contributed by atoms with E-state index >= 15 is 0 Å². The number of benzene rings is 1. The first-order chi connectivity index (χ1) is 11.6. The molecule has 1 aromatic carbocycles. The van der Waals surface area contributed by atoms with Crippen molar-refractivity contribution in [3.63, 3.8) is 0 Å². The lowest BCUT2D eigenvalue weighted by Crippen LogP contribution is -2.46. The summed E-state index contributed by atoms with van der Waals surface area (Å²) in [5.41, 5.74) is 0.457. The number of rotatable bonds is 4. The average Bonchev–Trinajstić information content (AvgIpc) is 3.10. The van der Waals surface area contributed by atoms with E-state index in [1.165, 1.54) is 17.4 Å². The number of likely N-dealkylation sites (tertiary alicyclic amines) is 1. The quantitative estimate of drug-likeness (QED) is 0.925. The van der Waals surface area contributed by atoms with Crippen molar-refractivity contribution in [3.8, 4) is 0 Å². The van der Waals surface area contributed by atoms with Gasteiger partial charge in [-0.15, -0.1) is 11.3 Å². The van der Waals surface area contributed by atoms with Crippen molar-refractivity contribution in [1.82, 2.24) is 10.2 Å². The Hall–Kier alpha value is -2.21.